The summed E-state index contributed by atoms with van der Waals surface area (Å²) in [5.41, 5.74) is 11.6. The lowest BCUT2D eigenvalue weighted by atomic mass is 9.83. The van der Waals surface area contributed by atoms with Crippen molar-refractivity contribution in [3.05, 3.63) is 34.4 Å². The summed E-state index contributed by atoms with van der Waals surface area (Å²) in [5, 5.41) is 0. The number of nitrogens with two attached hydrogens (primary N) is 1. The van der Waals surface area contributed by atoms with Crippen molar-refractivity contribution < 1.29 is 0 Å². The van der Waals surface area contributed by atoms with Crippen LogP contribution in [0.25, 0.3) is 0 Å². The van der Waals surface area contributed by atoms with Gasteiger partial charge in [-0.25, -0.2) is 0 Å². The van der Waals surface area contributed by atoms with E-state index in [1.807, 2.05) is 0 Å². The lowest BCUT2D eigenvalue weighted by Gasteiger charge is -2.27. The van der Waals surface area contributed by atoms with Crippen LogP contribution in [0.3, 0.4) is 0 Å². The third kappa shape index (κ3) is 4.05. The largest absolute Gasteiger partial charge is 0.329 e. The molecule has 0 fully saturated rings. The van der Waals surface area contributed by atoms with Crippen LogP contribution in [-0.4, -0.2) is 24.5 Å². The summed E-state index contributed by atoms with van der Waals surface area (Å²) in [5.74, 6) is 0. The van der Waals surface area contributed by atoms with Gasteiger partial charge in [-0.1, -0.05) is 32.9 Å². The van der Waals surface area contributed by atoms with E-state index in [4.69, 9.17) is 5.73 Å². The van der Waals surface area contributed by atoms with Gasteiger partial charge in [0.2, 0.25) is 0 Å². The highest BCUT2D eigenvalue weighted by Gasteiger charge is 2.17. The van der Waals surface area contributed by atoms with E-state index in [-0.39, 0.29) is 5.41 Å². The summed E-state index contributed by atoms with van der Waals surface area (Å²) >= 11 is 0. The zero-order chi connectivity index (χ0) is 14.8. The summed E-state index contributed by atoms with van der Waals surface area (Å²) < 4.78 is 0. The highest BCUT2D eigenvalue weighted by atomic mass is 15.1. The second-order valence-electron chi connectivity index (χ2n) is 6.84. The van der Waals surface area contributed by atoms with Crippen LogP contribution in [0.2, 0.25) is 0 Å². The van der Waals surface area contributed by atoms with Crippen LogP contribution < -0.4 is 5.73 Å². The van der Waals surface area contributed by atoms with E-state index >= 15 is 0 Å². The summed E-state index contributed by atoms with van der Waals surface area (Å²) in [4.78, 5) is 2.33. The molecule has 0 aliphatic carbocycles. The molecule has 19 heavy (non-hydrogen) atoms. The highest BCUT2D eigenvalue weighted by molar-refractivity contribution is 5.40. The summed E-state index contributed by atoms with van der Waals surface area (Å²) in [6.45, 7) is 15.1. The van der Waals surface area contributed by atoms with Crippen molar-refractivity contribution in [3.63, 3.8) is 0 Å². The van der Waals surface area contributed by atoms with Gasteiger partial charge >= 0.3 is 0 Å². The Morgan fingerprint density at radius 1 is 1.16 bits per heavy atom. The fourth-order valence-corrected chi connectivity index (χ4v) is 2.26. The number of likely N-dealkylation sites (N-methyl/N-ethyl adjacent to an activating group) is 1. The van der Waals surface area contributed by atoms with Crippen molar-refractivity contribution in [2.24, 2.45) is 5.73 Å². The molecule has 0 aliphatic rings. The van der Waals surface area contributed by atoms with Crippen LogP contribution in [0.1, 0.15) is 49.9 Å². The third-order valence-corrected chi connectivity index (χ3v) is 4.06. The molecule has 1 aromatic rings. The number of rotatable bonds is 4. The quantitative estimate of drug-likeness (QED) is 0.901. The number of benzene rings is 1. The van der Waals surface area contributed by atoms with Gasteiger partial charge in [-0.15, -0.1) is 0 Å². The normalized spacial score (nSPS) is 13.9. The van der Waals surface area contributed by atoms with Crippen LogP contribution in [0.4, 0.5) is 0 Å². The average molecular weight is 262 g/mol. The maximum atomic E-state index is 5.74. The van der Waals surface area contributed by atoms with Gasteiger partial charge in [0.15, 0.2) is 0 Å². The van der Waals surface area contributed by atoms with Crippen LogP contribution >= 0.6 is 0 Å². The molecule has 0 bridgehead atoms. The minimum absolute atomic E-state index is 0.213. The van der Waals surface area contributed by atoms with E-state index in [1.54, 1.807) is 0 Å². The lowest BCUT2D eigenvalue weighted by molar-refractivity contribution is 0.254. The molecule has 0 saturated carbocycles. The standard InChI is InChI=1S/C17H30N2/c1-12-8-15(17(4,5)6)9-13(2)16(12)11-19(7)14(3)10-18/h8-9,14H,10-11,18H2,1-7H3. The first-order valence-electron chi connectivity index (χ1n) is 7.17. The highest BCUT2D eigenvalue weighted by Crippen LogP contribution is 2.27. The maximum absolute atomic E-state index is 5.74. The van der Waals surface area contributed by atoms with Crippen LogP contribution in [0, 0.1) is 13.8 Å². The number of aryl methyl sites for hydroxylation is 2. The van der Waals surface area contributed by atoms with Crippen LogP contribution in [0.5, 0.6) is 0 Å². The van der Waals surface area contributed by atoms with Gasteiger partial charge in [-0.3, -0.25) is 4.90 Å². The molecule has 2 N–H and O–H groups in total. The van der Waals surface area contributed by atoms with Gasteiger partial charge in [-0.2, -0.15) is 0 Å². The smallest absolute Gasteiger partial charge is 0.0239 e. The molecule has 2 heteroatoms. The molecule has 108 valence electrons. The molecule has 0 aromatic heterocycles. The Balaban J connectivity index is 3.04. The van der Waals surface area contributed by atoms with Gasteiger partial charge in [0.1, 0.15) is 0 Å². The molecule has 1 aromatic carbocycles. The van der Waals surface area contributed by atoms with Gasteiger partial charge in [-0.05, 0) is 55.5 Å². The molecular formula is C17H30N2. The number of nitrogens with zero attached hydrogens (tertiary/aromatic N) is 1. The van der Waals surface area contributed by atoms with Gasteiger partial charge in [0.05, 0.1) is 0 Å². The van der Waals surface area contributed by atoms with Gasteiger partial charge < -0.3 is 5.73 Å². The zero-order valence-electron chi connectivity index (χ0n) is 13.7. The van der Waals surface area contributed by atoms with E-state index < -0.39 is 0 Å². The van der Waals surface area contributed by atoms with E-state index in [9.17, 15) is 0 Å². The molecule has 0 radical (unpaired) electrons. The molecule has 0 saturated heterocycles. The van der Waals surface area contributed by atoms with Crippen molar-refractivity contribution in [3.8, 4) is 0 Å². The minimum Gasteiger partial charge on any atom is -0.329 e. The van der Waals surface area contributed by atoms with Crippen molar-refractivity contribution in [2.75, 3.05) is 13.6 Å². The Morgan fingerprint density at radius 2 is 1.63 bits per heavy atom. The summed E-state index contributed by atoms with van der Waals surface area (Å²) in [7, 11) is 2.15. The van der Waals surface area contributed by atoms with Crippen molar-refractivity contribution in [1.29, 1.82) is 0 Å². The molecule has 1 unspecified atom stereocenters. The predicted molar refractivity (Wildman–Crippen MR) is 84.6 cm³/mol. The summed E-state index contributed by atoms with van der Waals surface area (Å²) in [6, 6.07) is 5.09. The second kappa shape index (κ2) is 6.06. The monoisotopic (exact) mass is 262 g/mol. The Hall–Kier alpha value is -0.860. The molecule has 1 rings (SSSR count). The van der Waals surface area contributed by atoms with E-state index in [2.05, 4.69) is 65.6 Å². The first-order chi connectivity index (χ1) is 8.66. The van der Waals surface area contributed by atoms with E-state index in [0.29, 0.717) is 12.6 Å². The zero-order valence-corrected chi connectivity index (χ0v) is 13.7. The van der Waals surface area contributed by atoms with Crippen molar-refractivity contribution in [2.45, 2.75) is 59.5 Å². The van der Waals surface area contributed by atoms with E-state index in [1.165, 1.54) is 22.3 Å². The first kappa shape index (κ1) is 16.2. The SMILES string of the molecule is Cc1cc(C(C)(C)C)cc(C)c1CN(C)C(C)CN. The number of hydrogen-bond acceptors (Lipinski definition) is 2. The fourth-order valence-electron chi connectivity index (χ4n) is 2.26. The molecule has 0 amide bonds. The summed E-state index contributed by atoms with van der Waals surface area (Å²) in [6.07, 6.45) is 0. The Labute approximate surface area is 119 Å². The molecule has 0 aliphatic heterocycles. The van der Waals surface area contributed by atoms with Crippen LogP contribution in [-0.2, 0) is 12.0 Å². The van der Waals surface area contributed by atoms with Crippen LogP contribution in [0.15, 0.2) is 12.1 Å². The molecule has 0 heterocycles. The Morgan fingerprint density at radius 3 is 2.00 bits per heavy atom. The predicted octanol–water partition coefficient (Wildman–Crippen LogP) is 3.38. The third-order valence-electron chi connectivity index (χ3n) is 4.06. The first-order valence-corrected chi connectivity index (χ1v) is 7.17. The van der Waals surface area contributed by atoms with Crippen molar-refractivity contribution in [1.82, 2.24) is 4.90 Å². The average Bonchev–Trinajstić information content (AvgIpc) is 2.30. The Bertz CT molecular complexity index is 406. The van der Waals surface area contributed by atoms with Gasteiger partial charge in [0.25, 0.3) is 0 Å². The minimum atomic E-state index is 0.213. The fraction of sp³-hybridized carbons (Fsp3) is 0.647. The maximum Gasteiger partial charge on any atom is 0.0239 e. The van der Waals surface area contributed by atoms with Crippen molar-refractivity contribution >= 4 is 0 Å². The molecule has 1 atom stereocenters. The van der Waals surface area contributed by atoms with E-state index in [0.717, 1.165) is 6.54 Å². The molecular weight excluding hydrogens is 232 g/mol. The van der Waals surface area contributed by atoms with Gasteiger partial charge in [0, 0.05) is 19.1 Å². The molecule has 0 spiro atoms. The number of hydrogen-bond donors (Lipinski definition) is 1. The molecule has 2 nitrogen and oxygen atoms in total. The Kier molecular flexibility index (Phi) is 5.17. The second-order valence-corrected chi connectivity index (χ2v) is 6.84. The lowest BCUT2D eigenvalue weighted by Crippen LogP contribution is -2.35. The topological polar surface area (TPSA) is 29.3 Å².